The van der Waals surface area contributed by atoms with E-state index in [4.69, 9.17) is 37.6 Å². The van der Waals surface area contributed by atoms with E-state index in [1.165, 1.54) is 18.3 Å². The Balaban J connectivity index is 1.62. The summed E-state index contributed by atoms with van der Waals surface area (Å²) in [6.07, 6.45) is -2.61. The van der Waals surface area contributed by atoms with Gasteiger partial charge in [0.25, 0.3) is 5.89 Å². The molecule has 3 heterocycles. The number of hydrogen-bond donors (Lipinski definition) is 2. The molecule has 32 heavy (non-hydrogen) atoms. The molecule has 0 unspecified atom stereocenters. The van der Waals surface area contributed by atoms with E-state index in [2.05, 4.69) is 20.1 Å². The Morgan fingerprint density at radius 1 is 1.16 bits per heavy atom. The van der Waals surface area contributed by atoms with E-state index in [1.807, 2.05) is 0 Å². The van der Waals surface area contributed by atoms with Crippen LogP contribution in [0.3, 0.4) is 0 Å². The molecule has 9 nitrogen and oxygen atoms in total. The topological polar surface area (TPSA) is 119 Å². The molecule has 1 atom stereocenters. The standard InChI is InChI=1S/C18H12Cl2F3N5O4/c19-10-2-13(31-7-8(30)6-29)11(20)1-9(10)16-26-17(32-27-16)12-4-28-5-14(18(21,22)23)24-3-15(28)25-12/h1-5,8,29-30H,6-7H2/t8-/m0/s1. The van der Waals surface area contributed by atoms with Crippen LogP contribution in [0.1, 0.15) is 5.69 Å². The second-order valence-corrected chi connectivity index (χ2v) is 7.31. The number of aliphatic hydroxyl groups is 2. The maximum absolute atomic E-state index is 12.8. The first-order valence-corrected chi connectivity index (χ1v) is 9.58. The molecule has 14 heteroatoms. The highest BCUT2D eigenvalue weighted by Gasteiger charge is 2.33. The molecule has 0 aliphatic carbocycles. The fraction of sp³-hybridized carbons (Fsp3) is 0.222. The zero-order valence-corrected chi connectivity index (χ0v) is 17.2. The van der Waals surface area contributed by atoms with E-state index >= 15 is 0 Å². The smallest absolute Gasteiger partial charge is 0.434 e. The molecule has 0 fully saturated rings. The van der Waals surface area contributed by atoms with Crippen molar-refractivity contribution in [1.29, 1.82) is 0 Å². The molecule has 0 radical (unpaired) electrons. The van der Waals surface area contributed by atoms with E-state index in [-0.39, 0.29) is 45.5 Å². The van der Waals surface area contributed by atoms with Crippen LogP contribution >= 0.6 is 23.2 Å². The van der Waals surface area contributed by atoms with Crippen molar-refractivity contribution in [3.05, 3.63) is 46.5 Å². The molecule has 0 saturated heterocycles. The van der Waals surface area contributed by atoms with Gasteiger partial charge in [0.2, 0.25) is 5.82 Å². The first kappa shape index (κ1) is 22.3. The quantitative estimate of drug-likeness (QED) is 0.422. The van der Waals surface area contributed by atoms with Gasteiger partial charge in [-0.1, -0.05) is 28.4 Å². The summed E-state index contributed by atoms with van der Waals surface area (Å²) < 4.78 is 50.2. The number of imidazole rings is 1. The molecule has 168 valence electrons. The number of aromatic nitrogens is 5. The van der Waals surface area contributed by atoms with Crippen LogP contribution in [0.15, 0.2) is 35.2 Å². The maximum Gasteiger partial charge on any atom is 0.434 e. The molecular weight excluding hydrogens is 478 g/mol. The van der Waals surface area contributed by atoms with Crippen molar-refractivity contribution in [3.8, 4) is 28.7 Å². The molecular formula is C18H12Cl2F3N5O4. The summed E-state index contributed by atoms with van der Waals surface area (Å²) in [6.45, 7) is -0.678. The van der Waals surface area contributed by atoms with Gasteiger partial charge >= 0.3 is 6.18 Å². The van der Waals surface area contributed by atoms with Crippen LogP contribution in [0.5, 0.6) is 5.75 Å². The molecule has 3 aromatic heterocycles. The van der Waals surface area contributed by atoms with Crippen LogP contribution in [-0.4, -0.2) is 54.0 Å². The lowest BCUT2D eigenvalue weighted by Crippen LogP contribution is -2.21. The van der Waals surface area contributed by atoms with Gasteiger partial charge in [0.1, 0.15) is 24.2 Å². The monoisotopic (exact) mass is 489 g/mol. The van der Waals surface area contributed by atoms with Crippen molar-refractivity contribution < 1.29 is 32.6 Å². The molecule has 0 aliphatic heterocycles. The third kappa shape index (κ3) is 4.48. The van der Waals surface area contributed by atoms with Crippen molar-refractivity contribution in [2.24, 2.45) is 0 Å². The fourth-order valence-electron chi connectivity index (χ4n) is 2.63. The number of halogens is 5. The zero-order valence-electron chi connectivity index (χ0n) is 15.7. The van der Waals surface area contributed by atoms with Gasteiger partial charge in [-0.2, -0.15) is 18.2 Å². The molecule has 0 aliphatic rings. The Bertz CT molecular complexity index is 1280. The molecule has 2 N–H and O–H groups in total. The molecule has 1 aromatic carbocycles. The van der Waals surface area contributed by atoms with Gasteiger partial charge in [0.05, 0.1) is 22.8 Å². The highest BCUT2D eigenvalue weighted by molar-refractivity contribution is 6.36. The van der Waals surface area contributed by atoms with Gasteiger partial charge in [-0.15, -0.1) is 0 Å². The van der Waals surface area contributed by atoms with E-state index in [0.29, 0.717) is 5.56 Å². The SMILES string of the molecule is OC[C@H](O)COc1cc(Cl)c(-c2noc(-c3cn4cc(C(F)(F)F)ncc4n3)n2)cc1Cl. The minimum absolute atomic E-state index is 0.0556. The normalized spacial score (nSPS) is 13.0. The number of benzene rings is 1. The van der Waals surface area contributed by atoms with E-state index in [9.17, 15) is 18.3 Å². The summed E-state index contributed by atoms with van der Waals surface area (Å²) in [7, 11) is 0. The summed E-state index contributed by atoms with van der Waals surface area (Å²) >= 11 is 12.4. The lowest BCUT2D eigenvalue weighted by molar-refractivity contribution is -0.141. The summed E-state index contributed by atoms with van der Waals surface area (Å²) in [5.74, 6) is 0.167. The molecule has 0 amide bonds. The van der Waals surface area contributed by atoms with E-state index in [1.54, 1.807) is 0 Å². The molecule has 0 saturated carbocycles. The second kappa shape index (κ2) is 8.54. The Labute approximate surface area is 187 Å². The summed E-state index contributed by atoms with van der Waals surface area (Å²) in [6, 6.07) is 2.80. The number of fused-ring (bicyclic) bond motifs is 1. The average Bonchev–Trinajstić information content (AvgIpc) is 3.39. The predicted octanol–water partition coefficient (Wildman–Crippen LogP) is 3.50. The summed E-state index contributed by atoms with van der Waals surface area (Å²) in [5, 5.41) is 22.3. The average molecular weight is 490 g/mol. The number of nitrogens with zero attached hydrogens (tertiary/aromatic N) is 5. The van der Waals surface area contributed by atoms with Gasteiger partial charge in [-0.05, 0) is 6.07 Å². The minimum Gasteiger partial charge on any atom is -0.489 e. The lowest BCUT2D eigenvalue weighted by atomic mass is 10.2. The Morgan fingerprint density at radius 3 is 2.66 bits per heavy atom. The molecule has 0 spiro atoms. The van der Waals surface area contributed by atoms with Crippen LogP contribution in [0.2, 0.25) is 10.0 Å². The highest BCUT2D eigenvalue weighted by Crippen LogP contribution is 2.36. The van der Waals surface area contributed by atoms with Crippen molar-refractivity contribution in [2.75, 3.05) is 13.2 Å². The minimum atomic E-state index is -4.60. The third-order valence-electron chi connectivity index (χ3n) is 4.18. The van der Waals surface area contributed by atoms with Crippen LogP contribution in [0.4, 0.5) is 13.2 Å². The van der Waals surface area contributed by atoms with Gasteiger partial charge in [0.15, 0.2) is 11.3 Å². The third-order valence-corrected chi connectivity index (χ3v) is 4.79. The predicted molar refractivity (Wildman–Crippen MR) is 105 cm³/mol. The maximum atomic E-state index is 12.8. The zero-order chi connectivity index (χ0) is 23.0. The van der Waals surface area contributed by atoms with E-state index in [0.717, 1.165) is 16.8 Å². The van der Waals surface area contributed by atoms with Crippen LogP contribution in [-0.2, 0) is 6.18 Å². The number of alkyl halides is 3. The van der Waals surface area contributed by atoms with Crippen LogP contribution in [0.25, 0.3) is 28.6 Å². The lowest BCUT2D eigenvalue weighted by Gasteiger charge is -2.12. The molecule has 0 bridgehead atoms. The summed E-state index contributed by atoms with van der Waals surface area (Å²) in [5.41, 5.74) is -0.493. The number of ether oxygens (including phenoxy) is 1. The molecule has 4 aromatic rings. The fourth-order valence-corrected chi connectivity index (χ4v) is 3.09. The van der Waals surface area contributed by atoms with Gasteiger partial charge in [-0.3, -0.25) is 0 Å². The van der Waals surface area contributed by atoms with E-state index < -0.39 is 24.6 Å². The van der Waals surface area contributed by atoms with Gasteiger partial charge in [-0.25, -0.2) is 9.97 Å². The first-order valence-electron chi connectivity index (χ1n) is 8.83. The molecule has 4 rings (SSSR count). The van der Waals surface area contributed by atoms with Crippen molar-refractivity contribution in [3.63, 3.8) is 0 Å². The highest BCUT2D eigenvalue weighted by atomic mass is 35.5. The Morgan fingerprint density at radius 2 is 1.94 bits per heavy atom. The second-order valence-electron chi connectivity index (χ2n) is 6.49. The number of rotatable bonds is 6. The number of hydrogen-bond acceptors (Lipinski definition) is 8. The first-order chi connectivity index (χ1) is 15.2. The summed E-state index contributed by atoms with van der Waals surface area (Å²) in [4.78, 5) is 11.7. The van der Waals surface area contributed by atoms with Crippen molar-refractivity contribution in [2.45, 2.75) is 12.3 Å². The Kier molecular flexibility index (Phi) is 5.95. The van der Waals surface area contributed by atoms with Crippen molar-refractivity contribution >= 4 is 28.8 Å². The Hall–Kier alpha value is -2.93. The number of aliphatic hydroxyl groups excluding tert-OH is 2. The van der Waals surface area contributed by atoms with Crippen LogP contribution < -0.4 is 4.74 Å². The van der Waals surface area contributed by atoms with Gasteiger partial charge < -0.3 is 23.9 Å². The van der Waals surface area contributed by atoms with Crippen molar-refractivity contribution in [1.82, 2.24) is 24.5 Å². The van der Waals surface area contributed by atoms with Crippen LogP contribution in [0, 0.1) is 0 Å². The van der Waals surface area contributed by atoms with Gasteiger partial charge in [0, 0.05) is 24.0 Å². The largest absolute Gasteiger partial charge is 0.489 e.